The number of hydrogen-bond donors (Lipinski definition) is 2. The highest BCUT2D eigenvalue weighted by Gasteiger charge is 2.10. The molecule has 1 heterocycles. The molecule has 0 saturated carbocycles. The summed E-state index contributed by atoms with van der Waals surface area (Å²) in [4.78, 5) is 27.6. The molecule has 1 amide bonds. The molecule has 3 rings (SSSR count). The predicted molar refractivity (Wildman–Crippen MR) is 99.2 cm³/mol. The molecule has 0 radical (unpaired) electrons. The second-order valence-electron chi connectivity index (χ2n) is 6.04. The highest BCUT2D eigenvalue weighted by molar-refractivity contribution is 5.87. The lowest BCUT2D eigenvalue weighted by Gasteiger charge is -2.08. The third-order valence-electron chi connectivity index (χ3n) is 4.29. The molecule has 1 aromatic heterocycles. The Morgan fingerprint density at radius 1 is 1.12 bits per heavy atom. The smallest absolute Gasteiger partial charge is 0.335 e. The molecule has 2 N–H and O–H groups in total. The van der Waals surface area contributed by atoms with Crippen LogP contribution >= 0.6 is 0 Å². The molecule has 0 aliphatic heterocycles. The molecule has 6 nitrogen and oxygen atoms in total. The number of nitrogens with one attached hydrogen (secondary N) is 1. The summed E-state index contributed by atoms with van der Waals surface area (Å²) in [7, 11) is 0. The van der Waals surface area contributed by atoms with Gasteiger partial charge < -0.3 is 15.0 Å². The van der Waals surface area contributed by atoms with Gasteiger partial charge in [0.05, 0.1) is 23.0 Å². The van der Waals surface area contributed by atoms with Crippen molar-refractivity contribution in [3.63, 3.8) is 0 Å². The van der Waals surface area contributed by atoms with Gasteiger partial charge in [-0.25, -0.2) is 9.78 Å². The molecule has 134 valence electrons. The first-order valence-electron chi connectivity index (χ1n) is 8.61. The fourth-order valence-electron chi connectivity index (χ4n) is 3.00. The van der Waals surface area contributed by atoms with E-state index in [1.54, 1.807) is 12.1 Å². The van der Waals surface area contributed by atoms with Crippen molar-refractivity contribution >= 4 is 22.9 Å². The van der Waals surface area contributed by atoms with Crippen LogP contribution in [0.5, 0.6) is 0 Å². The lowest BCUT2D eigenvalue weighted by molar-refractivity contribution is -0.120. The minimum absolute atomic E-state index is 0.0905. The van der Waals surface area contributed by atoms with Gasteiger partial charge in [-0.1, -0.05) is 24.3 Å². The van der Waals surface area contributed by atoms with Crippen LogP contribution in [0.1, 0.15) is 28.7 Å². The summed E-state index contributed by atoms with van der Waals surface area (Å²) in [6.45, 7) is 3.42. The predicted octanol–water partition coefficient (Wildman–Crippen LogP) is 2.66. The van der Waals surface area contributed by atoms with Crippen LogP contribution in [0.15, 0.2) is 48.5 Å². The third kappa shape index (κ3) is 3.91. The highest BCUT2D eigenvalue weighted by Crippen LogP contribution is 2.16. The van der Waals surface area contributed by atoms with Gasteiger partial charge in [0.15, 0.2) is 0 Å². The zero-order valence-corrected chi connectivity index (χ0v) is 14.6. The molecule has 0 saturated heterocycles. The number of carboxylic acid groups (broad SMARTS) is 1. The summed E-state index contributed by atoms with van der Waals surface area (Å²) in [5.74, 6) is -0.105. The van der Waals surface area contributed by atoms with Crippen LogP contribution < -0.4 is 5.32 Å². The topological polar surface area (TPSA) is 84.2 Å². The SMILES string of the molecule is CCn1c(CCNC(=O)Cc2ccc(C(=O)O)cc2)nc2ccccc21. The Balaban J connectivity index is 1.56. The monoisotopic (exact) mass is 351 g/mol. The summed E-state index contributed by atoms with van der Waals surface area (Å²) in [5.41, 5.74) is 3.07. The summed E-state index contributed by atoms with van der Waals surface area (Å²) in [6.07, 6.45) is 0.885. The van der Waals surface area contributed by atoms with Gasteiger partial charge in [0.25, 0.3) is 0 Å². The summed E-state index contributed by atoms with van der Waals surface area (Å²) < 4.78 is 2.16. The number of rotatable bonds is 7. The number of amides is 1. The average molecular weight is 351 g/mol. The van der Waals surface area contributed by atoms with E-state index in [2.05, 4.69) is 27.9 Å². The van der Waals surface area contributed by atoms with Gasteiger partial charge in [0.2, 0.25) is 5.91 Å². The second kappa shape index (κ2) is 7.82. The Labute approximate surface area is 151 Å². The lowest BCUT2D eigenvalue weighted by atomic mass is 10.1. The molecular weight excluding hydrogens is 330 g/mol. The number of para-hydroxylation sites is 2. The number of hydrogen-bond acceptors (Lipinski definition) is 3. The molecule has 0 fully saturated rings. The zero-order valence-electron chi connectivity index (χ0n) is 14.6. The number of carbonyl (C=O) groups excluding carboxylic acids is 1. The van der Waals surface area contributed by atoms with Crippen molar-refractivity contribution in [2.75, 3.05) is 6.54 Å². The van der Waals surface area contributed by atoms with E-state index in [4.69, 9.17) is 5.11 Å². The van der Waals surface area contributed by atoms with Crippen LogP contribution in [-0.4, -0.2) is 33.1 Å². The Morgan fingerprint density at radius 3 is 2.54 bits per heavy atom. The molecule has 6 heteroatoms. The normalized spacial score (nSPS) is 10.8. The molecule has 0 aliphatic rings. The van der Waals surface area contributed by atoms with Gasteiger partial charge >= 0.3 is 5.97 Å². The van der Waals surface area contributed by atoms with Crippen molar-refractivity contribution in [3.8, 4) is 0 Å². The quantitative estimate of drug-likeness (QED) is 0.685. The number of aromatic nitrogens is 2. The fourth-order valence-corrected chi connectivity index (χ4v) is 3.00. The number of carbonyl (C=O) groups is 2. The van der Waals surface area contributed by atoms with Crippen LogP contribution in [0.4, 0.5) is 0 Å². The maximum atomic E-state index is 12.1. The van der Waals surface area contributed by atoms with Crippen LogP contribution in [0.3, 0.4) is 0 Å². The van der Waals surface area contributed by atoms with Gasteiger partial charge in [-0.3, -0.25) is 4.79 Å². The van der Waals surface area contributed by atoms with Gasteiger partial charge in [-0.15, -0.1) is 0 Å². The number of aryl methyl sites for hydroxylation is 1. The largest absolute Gasteiger partial charge is 0.478 e. The zero-order chi connectivity index (χ0) is 18.5. The third-order valence-corrected chi connectivity index (χ3v) is 4.29. The average Bonchev–Trinajstić information content (AvgIpc) is 2.99. The molecule has 0 unspecified atom stereocenters. The summed E-state index contributed by atoms with van der Waals surface area (Å²) >= 11 is 0. The van der Waals surface area contributed by atoms with Crippen LogP contribution in [-0.2, 0) is 24.2 Å². The van der Waals surface area contributed by atoms with E-state index < -0.39 is 5.97 Å². The highest BCUT2D eigenvalue weighted by atomic mass is 16.4. The van der Waals surface area contributed by atoms with Crippen LogP contribution in [0.25, 0.3) is 11.0 Å². The van der Waals surface area contributed by atoms with E-state index in [1.165, 1.54) is 12.1 Å². The number of aromatic carboxylic acids is 1. The lowest BCUT2D eigenvalue weighted by Crippen LogP contribution is -2.28. The number of benzene rings is 2. The standard InChI is InChI=1S/C20H21N3O3/c1-2-23-17-6-4-3-5-16(17)22-18(23)11-12-21-19(24)13-14-7-9-15(10-8-14)20(25)26/h3-10H,2,11-13H2,1H3,(H,21,24)(H,25,26). The fraction of sp³-hybridized carbons (Fsp3) is 0.250. The number of imidazole rings is 1. The first kappa shape index (κ1) is 17.7. The number of nitrogens with zero attached hydrogens (tertiary/aromatic N) is 2. The van der Waals surface area contributed by atoms with E-state index in [1.807, 2.05) is 18.2 Å². The Bertz CT molecular complexity index is 929. The molecule has 3 aromatic rings. The van der Waals surface area contributed by atoms with Crippen molar-refractivity contribution in [3.05, 3.63) is 65.5 Å². The van der Waals surface area contributed by atoms with Gasteiger partial charge in [0.1, 0.15) is 5.82 Å². The summed E-state index contributed by atoms with van der Waals surface area (Å²) in [6, 6.07) is 14.4. The molecule has 0 spiro atoms. The molecule has 2 aromatic carbocycles. The molecule has 26 heavy (non-hydrogen) atoms. The van der Waals surface area contributed by atoms with Crippen molar-refractivity contribution < 1.29 is 14.7 Å². The summed E-state index contributed by atoms with van der Waals surface area (Å²) in [5, 5.41) is 11.8. The van der Waals surface area contributed by atoms with E-state index in [0.717, 1.165) is 29.0 Å². The van der Waals surface area contributed by atoms with E-state index in [9.17, 15) is 9.59 Å². The maximum absolute atomic E-state index is 12.1. The van der Waals surface area contributed by atoms with Gasteiger partial charge in [0, 0.05) is 19.5 Å². The molecular formula is C20H21N3O3. The Kier molecular flexibility index (Phi) is 5.31. The minimum atomic E-state index is -0.972. The molecule has 0 bridgehead atoms. The van der Waals surface area contributed by atoms with Crippen molar-refractivity contribution in [1.29, 1.82) is 0 Å². The number of carboxylic acids is 1. The van der Waals surface area contributed by atoms with E-state index >= 15 is 0 Å². The van der Waals surface area contributed by atoms with E-state index in [-0.39, 0.29) is 17.9 Å². The van der Waals surface area contributed by atoms with Crippen LogP contribution in [0.2, 0.25) is 0 Å². The molecule has 0 aliphatic carbocycles. The van der Waals surface area contributed by atoms with E-state index in [0.29, 0.717) is 13.0 Å². The Hall–Kier alpha value is -3.15. The minimum Gasteiger partial charge on any atom is -0.478 e. The first-order valence-corrected chi connectivity index (χ1v) is 8.61. The number of fused-ring (bicyclic) bond motifs is 1. The maximum Gasteiger partial charge on any atom is 0.335 e. The molecule has 0 atom stereocenters. The van der Waals surface area contributed by atoms with Gasteiger partial charge in [-0.2, -0.15) is 0 Å². The van der Waals surface area contributed by atoms with Crippen molar-refractivity contribution in [2.45, 2.75) is 26.3 Å². The Morgan fingerprint density at radius 2 is 1.85 bits per heavy atom. The first-order chi connectivity index (χ1) is 12.6. The van der Waals surface area contributed by atoms with Crippen molar-refractivity contribution in [1.82, 2.24) is 14.9 Å². The van der Waals surface area contributed by atoms with Gasteiger partial charge in [-0.05, 0) is 36.8 Å². The second-order valence-corrected chi connectivity index (χ2v) is 6.04. The van der Waals surface area contributed by atoms with Crippen molar-refractivity contribution in [2.24, 2.45) is 0 Å². The van der Waals surface area contributed by atoms with Crippen LogP contribution in [0, 0.1) is 0 Å².